The molecular formula is C9H8F9NO2. The van der Waals surface area contributed by atoms with Crippen LogP contribution in [-0.4, -0.2) is 55.6 Å². The second-order valence-electron chi connectivity index (χ2n) is 4.15. The molecule has 1 aliphatic heterocycles. The highest BCUT2D eigenvalue weighted by atomic mass is 19.4. The van der Waals surface area contributed by atoms with Crippen LogP contribution in [-0.2, 0) is 9.53 Å². The molecule has 0 aromatic rings. The normalized spacial score (nSPS) is 18.8. The number of carbonyl (C=O) groups excluding carboxylic acids is 1. The largest absolute Gasteiger partial charge is 0.421 e. The molecule has 124 valence electrons. The molecule has 0 aliphatic carbocycles. The maximum absolute atomic E-state index is 12.7. The highest BCUT2D eigenvalue weighted by molar-refractivity contribution is 5.85. The molecule has 1 fully saturated rings. The van der Waals surface area contributed by atoms with Gasteiger partial charge in [-0.1, -0.05) is 0 Å². The molecule has 21 heavy (non-hydrogen) atoms. The van der Waals surface area contributed by atoms with Crippen molar-refractivity contribution in [3.05, 3.63) is 0 Å². The Labute approximate surface area is 111 Å². The Morgan fingerprint density at radius 3 is 1.38 bits per heavy atom. The lowest BCUT2D eigenvalue weighted by atomic mass is 9.83. The number of alkyl halides is 9. The van der Waals surface area contributed by atoms with E-state index in [2.05, 4.69) is 4.74 Å². The molecule has 0 radical (unpaired) electrons. The van der Waals surface area contributed by atoms with Gasteiger partial charge in [0.1, 0.15) is 0 Å². The summed E-state index contributed by atoms with van der Waals surface area (Å²) < 4.78 is 118. The Kier molecular flexibility index (Phi) is 4.43. The van der Waals surface area contributed by atoms with Crippen molar-refractivity contribution in [1.82, 2.24) is 4.90 Å². The third kappa shape index (κ3) is 2.77. The van der Waals surface area contributed by atoms with Crippen molar-refractivity contribution in [3.63, 3.8) is 0 Å². The average molecular weight is 333 g/mol. The van der Waals surface area contributed by atoms with Crippen molar-refractivity contribution in [2.24, 2.45) is 5.41 Å². The number of halogens is 9. The molecule has 1 heterocycles. The van der Waals surface area contributed by atoms with Crippen LogP contribution in [0.4, 0.5) is 39.5 Å². The van der Waals surface area contributed by atoms with Crippen molar-refractivity contribution in [1.29, 1.82) is 0 Å². The van der Waals surface area contributed by atoms with Gasteiger partial charge in [0.05, 0.1) is 13.2 Å². The van der Waals surface area contributed by atoms with Crippen LogP contribution in [0, 0.1) is 5.41 Å². The summed E-state index contributed by atoms with van der Waals surface area (Å²) in [6, 6.07) is 0. The van der Waals surface area contributed by atoms with Crippen LogP contribution >= 0.6 is 0 Å². The lowest BCUT2D eigenvalue weighted by Crippen LogP contribution is -2.68. The van der Waals surface area contributed by atoms with Crippen molar-refractivity contribution in [3.8, 4) is 0 Å². The molecule has 0 bridgehead atoms. The van der Waals surface area contributed by atoms with Crippen LogP contribution in [0.25, 0.3) is 0 Å². The predicted octanol–water partition coefficient (Wildman–Crippen LogP) is 2.52. The molecule has 0 spiro atoms. The van der Waals surface area contributed by atoms with E-state index in [4.69, 9.17) is 0 Å². The van der Waals surface area contributed by atoms with E-state index in [1.165, 1.54) is 0 Å². The SMILES string of the molecule is O=C(N1CCOCC1)C(C(F)(F)F)(C(F)(F)F)C(F)(F)F. The number of nitrogens with zero attached hydrogens (tertiary/aromatic N) is 1. The monoisotopic (exact) mass is 333 g/mol. The van der Waals surface area contributed by atoms with Gasteiger partial charge in [0.15, 0.2) is 0 Å². The summed E-state index contributed by atoms with van der Waals surface area (Å²) in [5.41, 5.74) is -6.44. The number of hydrogen-bond acceptors (Lipinski definition) is 2. The molecule has 1 rings (SSSR count). The third-order valence-electron chi connectivity index (χ3n) is 2.89. The van der Waals surface area contributed by atoms with E-state index in [-0.39, 0.29) is 4.90 Å². The topological polar surface area (TPSA) is 29.5 Å². The first kappa shape index (κ1) is 17.9. The Bertz CT molecular complexity index is 355. The number of hydrogen-bond donors (Lipinski definition) is 0. The van der Waals surface area contributed by atoms with Gasteiger partial charge in [0.25, 0.3) is 5.91 Å². The highest BCUT2D eigenvalue weighted by Crippen LogP contribution is 2.60. The van der Waals surface area contributed by atoms with E-state index in [0.717, 1.165) is 0 Å². The van der Waals surface area contributed by atoms with Crippen molar-refractivity contribution in [2.45, 2.75) is 18.5 Å². The summed E-state index contributed by atoms with van der Waals surface area (Å²) in [5.74, 6) is -3.08. The zero-order valence-corrected chi connectivity index (χ0v) is 9.99. The second-order valence-corrected chi connectivity index (χ2v) is 4.15. The minimum atomic E-state index is -6.88. The molecule has 0 unspecified atom stereocenters. The summed E-state index contributed by atoms with van der Waals surface area (Å²) >= 11 is 0. The molecule has 3 nitrogen and oxygen atoms in total. The van der Waals surface area contributed by atoms with Gasteiger partial charge in [-0.05, 0) is 0 Å². The average Bonchev–Trinajstić information content (AvgIpc) is 2.24. The van der Waals surface area contributed by atoms with E-state index >= 15 is 0 Å². The Morgan fingerprint density at radius 2 is 1.10 bits per heavy atom. The van der Waals surface area contributed by atoms with Crippen molar-refractivity contribution in [2.75, 3.05) is 26.3 Å². The fraction of sp³-hybridized carbons (Fsp3) is 0.889. The molecule has 0 N–H and O–H groups in total. The molecule has 0 aromatic heterocycles. The highest BCUT2D eigenvalue weighted by Gasteiger charge is 2.88. The van der Waals surface area contributed by atoms with E-state index in [1.54, 1.807) is 0 Å². The fourth-order valence-corrected chi connectivity index (χ4v) is 1.85. The smallest absolute Gasteiger partial charge is 0.378 e. The lowest BCUT2D eigenvalue weighted by Gasteiger charge is -2.41. The van der Waals surface area contributed by atoms with Gasteiger partial charge in [-0.25, -0.2) is 0 Å². The maximum Gasteiger partial charge on any atom is 0.421 e. The van der Waals surface area contributed by atoms with Gasteiger partial charge in [-0.3, -0.25) is 4.79 Å². The summed E-state index contributed by atoms with van der Waals surface area (Å²) in [4.78, 5) is 11.3. The molecule has 1 aliphatic rings. The second kappa shape index (κ2) is 5.21. The standard InChI is InChI=1S/C9H8F9NO2/c10-7(11,12)6(8(13,14)15,9(16,17)18)5(20)19-1-3-21-4-2-19/h1-4H2. The Morgan fingerprint density at radius 1 is 0.762 bits per heavy atom. The summed E-state index contributed by atoms with van der Waals surface area (Å²) in [6.07, 6.45) is -20.6. The maximum atomic E-state index is 12.7. The van der Waals surface area contributed by atoms with Crippen LogP contribution < -0.4 is 0 Å². The van der Waals surface area contributed by atoms with E-state index in [9.17, 15) is 44.3 Å². The molecule has 0 aromatic carbocycles. The minimum Gasteiger partial charge on any atom is -0.378 e. The predicted molar refractivity (Wildman–Crippen MR) is 48.0 cm³/mol. The summed E-state index contributed by atoms with van der Waals surface area (Å²) in [5, 5.41) is 0. The molecule has 12 heteroatoms. The zero-order chi connectivity index (χ0) is 16.7. The van der Waals surface area contributed by atoms with E-state index in [0.29, 0.717) is 0 Å². The lowest BCUT2D eigenvalue weighted by molar-refractivity contribution is -0.409. The van der Waals surface area contributed by atoms with Crippen molar-refractivity contribution >= 4 is 5.91 Å². The van der Waals surface area contributed by atoms with E-state index < -0.39 is 56.2 Å². The van der Waals surface area contributed by atoms with Gasteiger partial charge in [0, 0.05) is 13.1 Å². The first-order valence-electron chi connectivity index (χ1n) is 5.34. The molecule has 1 saturated heterocycles. The number of carbonyl (C=O) groups is 1. The Balaban J connectivity index is 3.46. The molecule has 0 saturated carbocycles. The molecular weight excluding hydrogens is 325 g/mol. The number of rotatable bonds is 1. The van der Waals surface area contributed by atoms with Crippen LogP contribution in [0.3, 0.4) is 0 Å². The summed E-state index contributed by atoms with van der Waals surface area (Å²) in [7, 11) is 0. The van der Waals surface area contributed by atoms with Crippen LogP contribution in [0.1, 0.15) is 0 Å². The first-order valence-corrected chi connectivity index (χ1v) is 5.34. The number of morpholine rings is 1. The number of ether oxygens (including phenoxy) is 1. The fourth-order valence-electron chi connectivity index (χ4n) is 1.85. The van der Waals surface area contributed by atoms with Gasteiger partial charge in [-0.15, -0.1) is 0 Å². The molecule has 0 atom stereocenters. The van der Waals surface area contributed by atoms with Crippen molar-refractivity contribution < 1.29 is 49.0 Å². The van der Waals surface area contributed by atoms with Gasteiger partial charge in [-0.2, -0.15) is 39.5 Å². The minimum absolute atomic E-state index is 0.141. The van der Waals surface area contributed by atoms with Gasteiger partial charge < -0.3 is 9.64 Å². The zero-order valence-electron chi connectivity index (χ0n) is 9.99. The third-order valence-corrected chi connectivity index (χ3v) is 2.89. The number of amides is 1. The first-order chi connectivity index (χ1) is 9.27. The van der Waals surface area contributed by atoms with Crippen LogP contribution in [0.5, 0.6) is 0 Å². The van der Waals surface area contributed by atoms with Gasteiger partial charge >= 0.3 is 23.9 Å². The summed E-state index contributed by atoms with van der Waals surface area (Å²) in [6.45, 7) is -2.48. The van der Waals surface area contributed by atoms with Crippen LogP contribution in [0.15, 0.2) is 0 Å². The van der Waals surface area contributed by atoms with Gasteiger partial charge in [0.2, 0.25) is 0 Å². The molecule has 1 amide bonds. The Hall–Kier alpha value is -1.20. The van der Waals surface area contributed by atoms with Crippen LogP contribution in [0.2, 0.25) is 0 Å². The van der Waals surface area contributed by atoms with E-state index in [1.807, 2.05) is 0 Å². The quantitative estimate of drug-likeness (QED) is 0.690.